The summed E-state index contributed by atoms with van der Waals surface area (Å²) in [5.74, 6) is 0.122. The van der Waals surface area contributed by atoms with Crippen molar-refractivity contribution in [3.05, 3.63) is 65.0 Å². The van der Waals surface area contributed by atoms with Crippen LogP contribution >= 0.6 is 0 Å². The fraction of sp³-hybridized carbons (Fsp3) is 0.389. The predicted molar refractivity (Wildman–Crippen MR) is 80.7 cm³/mol. The molecule has 0 bridgehead atoms. The molecule has 1 aromatic carbocycles. The van der Waals surface area contributed by atoms with Gasteiger partial charge in [0.1, 0.15) is 0 Å². The van der Waals surface area contributed by atoms with Crippen LogP contribution in [0, 0.1) is 6.92 Å². The maximum absolute atomic E-state index is 10.8. The van der Waals surface area contributed by atoms with E-state index in [0.717, 1.165) is 30.5 Å². The van der Waals surface area contributed by atoms with Crippen molar-refractivity contribution in [2.75, 3.05) is 0 Å². The van der Waals surface area contributed by atoms with Crippen molar-refractivity contribution in [3.8, 4) is 0 Å². The molecule has 2 nitrogen and oxygen atoms in total. The topological polar surface area (TPSA) is 33.1 Å². The highest BCUT2D eigenvalue weighted by molar-refractivity contribution is 5.30. The zero-order chi connectivity index (χ0) is 13.9. The molecule has 104 valence electrons. The average Bonchev–Trinajstić information content (AvgIpc) is 2.69. The molecule has 2 unspecified atom stereocenters. The van der Waals surface area contributed by atoms with E-state index in [4.69, 9.17) is 0 Å². The Bertz CT molecular complexity index is 576. The molecule has 1 aliphatic rings. The first-order valence-corrected chi connectivity index (χ1v) is 7.44. The maximum atomic E-state index is 10.8. The molecule has 0 saturated carbocycles. The Morgan fingerprint density at radius 3 is 2.75 bits per heavy atom. The number of aryl methyl sites for hydroxylation is 2. The third-order valence-electron chi connectivity index (χ3n) is 4.29. The zero-order valence-electron chi connectivity index (χ0n) is 11.9. The van der Waals surface area contributed by atoms with Crippen LogP contribution in [0.25, 0.3) is 0 Å². The van der Waals surface area contributed by atoms with Crippen molar-refractivity contribution < 1.29 is 5.11 Å². The molecule has 0 spiro atoms. The van der Waals surface area contributed by atoms with E-state index in [0.29, 0.717) is 0 Å². The summed E-state index contributed by atoms with van der Waals surface area (Å²) in [7, 11) is 0. The number of nitrogens with zero attached hydrogens (tertiary/aromatic N) is 1. The normalized spacial score (nSPS) is 20.0. The van der Waals surface area contributed by atoms with Gasteiger partial charge in [0.05, 0.1) is 6.10 Å². The maximum Gasteiger partial charge on any atom is 0.0873 e. The van der Waals surface area contributed by atoms with Crippen LogP contribution in [0.1, 0.15) is 53.7 Å². The number of pyridine rings is 1. The molecule has 3 rings (SSSR count). The first kappa shape index (κ1) is 13.3. The van der Waals surface area contributed by atoms with E-state index in [2.05, 4.69) is 30.1 Å². The molecular weight excluding hydrogens is 246 g/mol. The van der Waals surface area contributed by atoms with E-state index in [9.17, 15) is 5.11 Å². The second-order valence-corrected chi connectivity index (χ2v) is 5.76. The summed E-state index contributed by atoms with van der Waals surface area (Å²) < 4.78 is 0. The second kappa shape index (κ2) is 5.76. The van der Waals surface area contributed by atoms with Gasteiger partial charge in [0.25, 0.3) is 0 Å². The highest BCUT2D eigenvalue weighted by Crippen LogP contribution is 2.38. The molecule has 2 atom stereocenters. The molecule has 0 fully saturated rings. The van der Waals surface area contributed by atoms with Gasteiger partial charge in [0, 0.05) is 17.8 Å². The van der Waals surface area contributed by atoms with Crippen molar-refractivity contribution in [1.82, 2.24) is 4.98 Å². The van der Waals surface area contributed by atoms with Gasteiger partial charge in [-0.1, -0.05) is 42.3 Å². The lowest BCUT2D eigenvalue weighted by atomic mass is 9.88. The van der Waals surface area contributed by atoms with Gasteiger partial charge in [0.2, 0.25) is 0 Å². The van der Waals surface area contributed by atoms with Crippen LogP contribution in [0.15, 0.2) is 42.6 Å². The van der Waals surface area contributed by atoms with E-state index in [1.165, 1.54) is 17.5 Å². The van der Waals surface area contributed by atoms with Gasteiger partial charge in [-0.25, -0.2) is 0 Å². The molecule has 0 saturated heterocycles. The molecule has 1 aromatic heterocycles. The van der Waals surface area contributed by atoms with Crippen LogP contribution in [0.4, 0.5) is 0 Å². The Kier molecular flexibility index (Phi) is 3.83. The number of hydrogen-bond acceptors (Lipinski definition) is 2. The highest BCUT2D eigenvalue weighted by atomic mass is 16.3. The van der Waals surface area contributed by atoms with Gasteiger partial charge in [-0.3, -0.25) is 4.98 Å². The zero-order valence-corrected chi connectivity index (χ0v) is 11.9. The second-order valence-electron chi connectivity index (χ2n) is 5.76. The minimum atomic E-state index is -0.456. The molecule has 2 heteroatoms. The van der Waals surface area contributed by atoms with Crippen LogP contribution in [0.5, 0.6) is 0 Å². The van der Waals surface area contributed by atoms with Crippen LogP contribution in [-0.4, -0.2) is 10.1 Å². The summed E-state index contributed by atoms with van der Waals surface area (Å²) in [5, 5.41) is 10.8. The molecule has 1 N–H and O–H groups in total. The third kappa shape index (κ3) is 2.61. The summed E-state index contributed by atoms with van der Waals surface area (Å²) in [6.45, 7) is 2.07. The van der Waals surface area contributed by atoms with Gasteiger partial charge in [0.15, 0.2) is 0 Å². The number of benzene rings is 1. The van der Waals surface area contributed by atoms with E-state index in [1.807, 2.05) is 24.4 Å². The van der Waals surface area contributed by atoms with Crippen LogP contribution < -0.4 is 0 Å². The highest BCUT2D eigenvalue weighted by Gasteiger charge is 2.27. The number of hydrogen-bond donors (Lipinski definition) is 1. The average molecular weight is 267 g/mol. The summed E-state index contributed by atoms with van der Waals surface area (Å²) >= 11 is 0. The van der Waals surface area contributed by atoms with Gasteiger partial charge in [-0.15, -0.1) is 0 Å². The number of rotatable bonds is 2. The van der Waals surface area contributed by atoms with E-state index in [1.54, 1.807) is 0 Å². The lowest BCUT2D eigenvalue weighted by Gasteiger charge is -2.23. The molecule has 0 aliphatic heterocycles. The number of aliphatic hydroxyl groups excluding tert-OH is 1. The van der Waals surface area contributed by atoms with Gasteiger partial charge in [-0.2, -0.15) is 0 Å². The standard InChI is InChI=1S/C18H21NO/c1-13-8-10-15(11-9-13)18(20)16-7-3-2-5-14-6-4-12-19-17(14)16/h4,6,8-12,16,18,20H,2-3,5,7H2,1H3. The number of fused-ring (bicyclic) bond motifs is 1. The molecule has 0 radical (unpaired) electrons. The summed E-state index contributed by atoms with van der Waals surface area (Å²) in [6, 6.07) is 12.4. The first-order valence-electron chi connectivity index (χ1n) is 7.44. The van der Waals surface area contributed by atoms with E-state index >= 15 is 0 Å². The predicted octanol–water partition coefficient (Wildman–Crippen LogP) is 3.93. The van der Waals surface area contributed by atoms with Crippen LogP contribution in [0.2, 0.25) is 0 Å². The number of aromatic nitrogens is 1. The Morgan fingerprint density at radius 2 is 1.95 bits per heavy atom. The molecule has 0 amide bonds. The fourth-order valence-electron chi connectivity index (χ4n) is 3.12. The Labute approximate surface area is 120 Å². The Morgan fingerprint density at radius 1 is 1.15 bits per heavy atom. The SMILES string of the molecule is Cc1ccc(C(O)C2CCCCc3cccnc32)cc1. The Balaban J connectivity index is 1.94. The van der Waals surface area contributed by atoms with Crippen molar-refractivity contribution >= 4 is 0 Å². The van der Waals surface area contributed by atoms with Gasteiger partial charge < -0.3 is 5.11 Å². The van der Waals surface area contributed by atoms with E-state index in [-0.39, 0.29) is 5.92 Å². The van der Waals surface area contributed by atoms with E-state index < -0.39 is 6.10 Å². The summed E-state index contributed by atoms with van der Waals surface area (Å²) in [4.78, 5) is 4.56. The third-order valence-corrected chi connectivity index (χ3v) is 4.29. The van der Waals surface area contributed by atoms with Gasteiger partial charge >= 0.3 is 0 Å². The van der Waals surface area contributed by atoms with Crippen molar-refractivity contribution in [2.24, 2.45) is 0 Å². The molecule has 20 heavy (non-hydrogen) atoms. The van der Waals surface area contributed by atoms with Crippen molar-refractivity contribution in [1.29, 1.82) is 0 Å². The summed E-state index contributed by atoms with van der Waals surface area (Å²) in [6.07, 6.45) is 5.83. The lowest BCUT2D eigenvalue weighted by Crippen LogP contribution is -2.13. The molecule has 2 aromatic rings. The monoisotopic (exact) mass is 267 g/mol. The van der Waals surface area contributed by atoms with Crippen LogP contribution in [-0.2, 0) is 6.42 Å². The van der Waals surface area contributed by atoms with Gasteiger partial charge in [-0.05, 0) is 43.4 Å². The quantitative estimate of drug-likeness (QED) is 0.836. The lowest BCUT2D eigenvalue weighted by molar-refractivity contribution is 0.138. The number of aliphatic hydroxyl groups is 1. The molecule has 1 aliphatic carbocycles. The van der Waals surface area contributed by atoms with Crippen LogP contribution in [0.3, 0.4) is 0 Å². The van der Waals surface area contributed by atoms with Crippen molar-refractivity contribution in [3.63, 3.8) is 0 Å². The van der Waals surface area contributed by atoms with Crippen molar-refractivity contribution in [2.45, 2.75) is 44.6 Å². The smallest absolute Gasteiger partial charge is 0.0873 e. The largest absolute Gasteiger partial charge is 0.388 e. The first-order chi connectivity index (χ1) is 9.75. The Hall–Kier alpha value is -1.67. The summed E-state index contributed by atoms with van der Waals surface area (Å²) in [5.41, 5.74) is 4.62. The fourth-order valence-corrected chi connectivity index (χ4v) is 3.12. The molecule has 1 heterocycles. The minimum Gasteiger partial charge on any atom is -0.388 e. The molecular formula is C18H21NO. The minimum absolute atomic E-state index is 0.122.